The highest BCUT2D eigenvalue weighted by molar-refractivity contribution is 6.18. The molecule has 0 saturated carbocycles. The van der Waals surface area contributed by atoms with Crippen LogP contribution in [0.15, 0.2) is 212 Å². The molecule has 10 aromatic rings. The molecule has 0 unspecified atom stereocenters. The van der Waals surface area contributed by atoms with Gasteiger partial charge >= 0.3 is 0 Å². The van der Waals surface area contributed by atoms with E-state index in [1.807, 2.05) is 0 Å². The Morgan fingerprint density at radius 2 is 0.792 bits per heavy atom. The first-order valence-corrected chi connectivity index (χ1v) is 18.3. The summed E-state index contributed by atoms with van der Waals surface area (Å²) in [5.41, 5.74) is 10.5. The summed E-state index contributed by atoms with van der Waals surface area (Å²) in [5, 5.41) is 9.80. The lowest BCUT2D eigenvalue weighted by atomic mass is 9.90. The standard InChI is InChI=1S/C52H35N/c1-3-16-36(17-4-1)40-31-32-49(48(34-40)38-18-5-2-6-19-38)53(51-35-41-22-9-11-25-43(41)45-27-13-14-28-46(45)51)50-33-30-39-21-8-12-26-44(39)52(50)47-29-15-23-37-20-7-10-24-42(37)47/h1-35H. The molecule has 0 radical (unpaired) electrons. The zero-order valence-corrected chi connectivity index (χ0v) is 29.2. The molecule has 0 spiro atoms. The van der Waals surface area contributed by atoms with Gasteiger partial charge in [-0.1, -0.05) is 188 Å². The lowest BCUT2D eigenvalue weighted by molar-refractivity contribution is 1.31. The molecule has 0 aliphatic carbocycles. The number of benzene rings is 10. The Balaban J connectivity index is 1.37. The molecule has 0 aliphatic heterocycles. The molecule has 10 rings (SSSR count). The van der Waals surface area contributed by atoms with Gasteiger partial charge in [-0.3, -0.25) is 0 Å². The number of rotatable bonds is 6. The van der Waals surface area contributed by atoms with Gasteiger partial charge in [-0.25, -0.2) is 0 Å². The van der Waals surface area contributed by atoms with Gasteiger partial charge in [0.05, 0.1) is 17.1 Å². The molecule has 0 bridgehead atoms. The predicted molar refractivity (Wildman–Crippen MR) is 227 cm³/mol. The summed E-state index contributed by atoms with van der Waals surface area (Å²) in [7, 11) is 0. The fraction of sp³-hybridized carbons (Fsp3) is 0. The van der Waals surface area contributed by atoms with Crippen LogP contribution in [-0.4, -0.2) is 0 Å². The van der Waals surface area contributed by atoms with E-state index in [0.29, 0.717) is 0 Å². The van der Waals surface area contributed by atoms with E-state index in [4.69, 9.17) is 0 Å². The molecule has 0 heterocycles. The molecule has 0 aromatic heterocycles. The van der Waals surface area contributed by atoms with Gasteiger partial charge in [-0.05, 0) is 84.2 Å². The van der Waals surface area contributed by atoms with Crippen molar-refractivity contribution in [3.63, 3.8) is 0 Å². The van der Waals surface area contributed by atoms with Gasteiger partial charge in [-0.2, -0.15) is 0 Å². The van der Waals surface area contributed by atoms with E-state index in [9.17, 15) is 0 Å². The monoisotopic (exact) mass is 673 g/mol. The van der Waals surface area contributed by atoms with E-state index >= 15 is 0 Å². The van der Waals surface area contributed by atoms with Crippen LogP contribution < -0.4 is 4.90 Å². The second-order valence-electron chi connectivity index (χ2n) is 13.7. The minimum atomic E-state index is 1.12. The maximum absolute atomic E-state index is 2.54. The molecule has 0 saturated heterocycles. The van der Waals surface area contributed by atoms with E-state index in [1.54, 1.807) is 0 Å². The fourth-order valence-electron chi connectivity index (χ4n) is 8.17. The zero-order chi connectivity index (χ0) is 35.1. The van der Waals surface area contributed by atoms with Gasteiger partial charge in [0.15, 0.2) is 0 Å². The van der Waals surface area contributed by atoms with Gasteiger partial charge in [0.1, 0.15) is 0 Å². The Labute approximate surface area is 309 Å². The predicted octanol–water partition coefficient (Wildman–Crippen LogP) is 14.8. The number of nitrogens with zero attached hydrogens (tertiary/aromatic N) is 1. The minimum Gasteiger partial charge on any atom is -0.309 e. The maximum Gasteiger partial charge on any atom is 0.0547 e. The van der Waals surface area contributed by atoms with Gasteiger partial charge in [0, 0.05) is 16.5 Å². The van der Waals surface area contributed by atoms with Gasteiger partial charge in [0.25, 0.3) is 0 Å². The fourth-order valence-corrected chi connectivity index (χ4v) is 8.17. The first kappa shape index (κ1) is 30.8. The highest BCUT2D eigenvalue weighted by Gasteiger charge is 2.25. The van der Waals surface area contributed by atoms with E-state index in [-0.39, 0.29) is 0 Å². The first-order valence-electron chi connectivity index (χ1n) is 18.3. The number of hydrogen-bond acceptors (Lipinski definition) is 1. The normalized spacial score (nSPS) is 11.4. The van der Waals surface area contributed by atoms with Crippen LogP contribution in [0.4, 0.5) is 17.1 Å². The van der Waals surface area contributed by atoms with E-state index in [2.05, 4.69) is 217 Å². The van der Waals surface area contributed by atoms with Crippen molar-refractivity contribution < 1.29 is 0 Å². The van der Waals surface area contributed by atoms with Crippen molar-refractivity contribution >= 4 is 60.2 Å². The van der Waals surface area contributed by atoms with Crippen LogP contribution in [0.5, 0.6) is 0 Å². The Hall–Kier alpha value is -6.96. The van der Waals surface area contributed by atoms with Gasteiger partial charge in [0.2, 0.25) is 0 Å². The maximum atomic E-state index is 2.54. The highest BCUT2D eigenvalue weighted by atomic mass is 15.1. The summed E-state index contributed by atoms with van der Waals surface area (Å²) >= 11 is 0. The Bertz CT molecular complexity index is 2940. The molecule has 0 amide bonds. The summed E-state index contributed by atoms with van der Waals surface area (Å²) in [6, 6.07) is 77.5. The van der Waals surface area contributed by atoms with Crippen LogP contribution in [0.2, 0.25) is 0 Å². The summed E-state index contributed by atoms with van der Waals surface area (Å²) in [5.74, 6) is 0. The van der Waals surface area contributed by atoms with Crippen molar-refractivity contribution in [1.82, 2.24) is 0 Å². The second kappa shape index (κ2) is 13.0. The summed E-state index contributed by atoms with van der Waals surface area (Å²) in [6.07, 6.45) is 0. The quantitative estimate of drug-likeness (QED) is 0.159. The second-order valence-corrected chi connectivity index (χ2v) is 13.7. The molecular weight excluding hydrogens is 639 g/mol. The van der Waals surface area contributed by atoms with E-state index in [0.717, 1.165) is 17.1 Å². The Kier molecular flexibility index (Phi) is 7.55. The minimum absolute atomic E-state index is 1.12. The topological polar surface area (TPSA) is 3.24 Å². The summed E-state index contributed by atoms with van der Waals surface area (Å²) in [6.45, 7) is 0. The van der Waals surface area contributed by atoms with Crippen LogP contribution in [0.25, 0.3) is 76.5 Å². The third kappa shape index (κ3) is 5.34. The Morgan fingerprint density at radius 1 is 0.245 bits per heavy atom. The van der Waals surface area contributed by atoms with Crippen molar-refractivity contribution in [3.8, 4) is 33.4 Å². The molecule has 0 atom stereocenters. The molecule has 0 N–H and O–H groups in total. The lowest BCUT2D eigenvalue weighted by Gasteiger charge is -2.32. The number of hydrogen-bond donors (Lipinski definition) is 0. The first-order chi connectivity index (χ1) is 26.3. The summed E-state index contributed by atoms with van der Waals surface area (Å²) < 4.78 is 0. The van der Waals surface area contributed by atoms with Crippen molar-refractivity contribution in [2.75, 3.05) is 4.90 Å². The average molecular weight is 674 g/mol. The SMILES string of the molecule is c1ccc(-c2ccc(N(c3ccc4ccccc4c3-c3cccc4ccccc34)c3cc4ccccc4c4ccccc34)c(-c3ccccc3)c2)cc1. The molecule has 10 aromatic carbocycles. The third-order valence-electron chi connectivity index (χ3n) is 10.6. The molecular formula is C52H35N. The van der Waals surface area contributed by atoms with Crippen LogP contribution in [0.1, 0.15) is 0 Å². The molecule has 0 fully saturated rings. The largest absolute Gasteiger partial charge is 0.309 e. The van der Waals surface area contributed by atoms with Crippen molar-refractivity contribution in [2.24, 2.45) is 0 Å². The molecule has 0 aliphatic rings. The molecule has 1 nitrogen and oxygen atoms in total. The van der Waals surface area contributed by atoms with Crippen LogP contribution in [0, 0.1) is 0 Å². The van der Waals surface area contributed by atoms with Crippen molar-refractivity contribution in [2.45, 2.75) is 0 Å². The van der Waals surface area contributed by atoms with Crippen LogP contribution in [-0.2, 0) is 0 Å². The molecule has 53 heavy (non-hydrogen) atoms. The number of fused-ring (bicyclic) bond motifs is 5. The van der Waals surface area contributed by atoms with Gasteiger partial charge < -0.3 is 4.90 Å². The van der Waals surface area contributed by atoms with Crippen molar-refractivity contribution in [1.29, 1.82) is 0 Å². The Morgan fingerprint density at radius 3 is 1.55 bits per heavy atom. The third-order valence-corrected chi connectivity index (χ3v) is 10.6. The molecule has 248 valence electrons. The average Bonchev–Trinajstić information content (AvgIpc) is 3.24. The lowest BCUT2D eigenvalue weighted by Crippen LogP contribution is -2.13. The van der Waals surface area contributed by atoms with Crippen LogP contribution >= 0.6 is 0 Å². The summed E-state index contributed by atoms with van der Waals surface area (Å²) in [4.78, 5) is 2.54. The van der Waals surface area contributed by atoms with E-state index < -0.39 is 0 Å². The van der Waals surface area contributed by atoms with Gasteiger partial charge in [-0.15, -0.1) is 0 Å². The zero-order valence-electron chi connectivity index (χ0n) is 29.2. The number of anilines is 3. The van der Waals surface area contributed by atoms with Crippen molar-refractivity contribution in [3.05, 3.63) is 212 Å². The van der Waals surface area contributed by atoms with Crippen LogP contribution in [0.3, 0.4) is 0 Å². The van der Waals surface area contributed by atoms with E-state index in [1.165, 1.54) is 76.5 Å². The highest BCUT2D eigenvalue weighted by Crippen LogP contribution is 2.51. The smallest absolute Gasteiger partial charge is 0.0547 e. The molecule has 1 heteroatoms.